The molecule has 7 heteroatoms. The maximum Gasteiger partial charge on any atom is 0.191 e. The molecular weight excluding hydrogens is 433 g/mol. The van der Waals surface area contributed by atoms with E-state index in [0.717, 1.165) is 23.3 Å². The van der Waals surface area contributed by atoms with Crippen LogP contribution in [0.5, 0.6) is 5.75 Å². The lowest BCUT2D eigenvalue weighted by Crippen LogP contribution is -2.41. The highest BCUT2D eigenvalue weighted by atomic mass is 127. The van der Waals surface area contributed by atoms with Crippen LogP contribution in [0.2, 0.25) is 5.02 Å². The summed E-state index contributed by atoms with van der Waals surface area (Å²) in [5.41, 5.74) is 0. The largest absolute Gasteiger partial charge is 0.492 e. The number of aliphatic imine (C=N–C) groups is 1. The minimum atomic E-state index is 0. The summed E-state index contributed by atoms with van der Waals surface area (Å²) >= 11 is 7.87. The molecule has 2 rings (SSSR count). The first-order valence-electron chi connectivity index (χ1n) is 7.22. The van der Waals surface area contributed by atoms with Gasteiger partial charge in [0.25, 0.3) is 0 Å². The van der Waals surface area contributed by atoms with E-state index in [1.54, 1.807) is 7.05 Å². The van der Waals surface area contributed by atoms with E-state index in [-0.39, 0.29) is 24.0 Å². The van der Waals surface area contributed by atoms with Gasteiger partial charge in [0.1, 0.15) is 12.4 Å². The Balaban J connectivity index is 0.00000242. The number of benzene rings is 1. The molecule has 1 aromatic rings. The van der Waals surface area contributed by atoms with E-state index in [1.165, 1.54) is 18.6 Å². The minimum Gasteiger partial charge on any atom is -0.492 e. The Hall–Kier alpha value is -0.340. The lowest BCUT2D eigenvalue weighted by molar-refractivity contribution is 0.322. The first-order valence-corrected chi connectivity index (χ1v) is 8.65. The van der Waals surface area contributed by atoms with Crippen molar-refractivity contribution in [3.63, 3.8) is 0 Å². The van der Waals surface area contributed by atoms with E-state index in [0.29, 0.717) is 18.4 Å². The molecule has 1 aliphatic heterocycles. The smallest absolute Gasteiger partial charge is 0.191 e. The normalized spacial score (nSPS) is 17.7. The lowest BCUT2D eigenvalue weighted by Gasteiger charge is -2.15. The fourth-order valence-electron chi connectivity index (χ4n) is 2.11. The van der Waals surface area contributed by atoms with E-state index in [2.05, 4.69) is 15.6 Å². The Morgan fingerprint density at radius 3 is 2.77 bits per heavy atom. The van der Waals surface area contributed by atoms with Gasteiger partial charge >= 0.3 is 0 Å². The van der Waals surface area contributed by atoms with Crippen molar-refractivity contribution in [1.29, 1.82) is 0 Å². The van der Waals surface area contributed by atoms with Gasteiger partial charge in [-0.15, -0.1) is 24.0 Å². The molecule has 22 heavy (non-hydrogen) atoms. The van der Waals surface area contributed by atoms with Crippen LogP contribution in [-0.4, -0.2) is 43.7 Å². The van der Waals surface area contributed by atoms with Crippen molar-refractivity contribution in [2.45, 2.75) is 18.1 Å². The van der Waals surface area contributed by atoms with E-state index < -0.39 is 0 Å². The van der Waals surface area contributed by atoms with E-state index >= 15 is 0 Å². The Kier molecular flexibility index (Phi) is 10.1. The fraction of sp³-hybridized carbons (Fsp3) is 0.533. The van der Waals surface area contributed by atoms with Crippen molar-refractivity contribution in [2.24, 2.45) is 4.99 Å². The van der Waals surface area contributed by atoms with Gasteiger partial charge in [0.05, 0.1) is 6.54 Å². The first kappa shape index (κ1) is 19.7. The Morgan fingerprint density at radius 1 is 1.36 bits per heavy atom. The number of rotatable bonds is 6. The molecule has 2 N–H and O–H groups in total. The van der Waals surface area contributed by atoms with Gasteiger partial charge in [-0.05, 0) is 42.9 Å². The Bertz CT molecular complexity index is 453. The van der Waals surface area contributed by atoms with Crippen LogP contribution in [0, 0.1) is 0 Å². The third-order valence-corrected chi connectivity index (χ3v) is 4.87. The molecule has 0 radical (unpaired) electrons. The molecule has 1 saturated heterocycles. The van der Waals surface area contributed by atoms with E-state index in [4.69, 9.17) is 16.3 Å². The van der Waals surface area contributed by atoms with E-state index in [1.807, 2.05) is 36.0 Å². The quantitative estimate of drug-likeness (QED) is 0.299. The van der Waals surface area contributed by atoms with Crippen molar-refractivity contribution >= 4 is 53.3 Å². The number of hydrogen-bond acceptors (Lipinski definition) is 3. The number of nitrogens with zero attached hydrogens (tertiary/aromatic N) is 1. The van der Waals surface area contributed by atoms with Crippen molar-refractivity contribution in [1.82, 2.24) is 10.6 Å². The summed E-state index contributed by atoms with van der Waals surface area (Å²) in [6.07, 6.45) is 2.63. The molecule has 1 unspecified atom stereocenters. The molecule has 0 bridgehead atoms. The fourth-order valence-corrected chi connectivity index (χ4v) is 3.43. The molecule has 0 saturated carbocycles. The number of thioether (sulfide) groups is 1. The summed E-state index contributed by atoms with van der Waals surface area (Å²) in [6.45, 7) is 2.27. The van der Waals surface area contributed by atoms with Crippen LogP contribution in [0.1, 0.15) is 12.8 Å². The first-order chi connectivity index (χ1) is 10.3. The number of halogens is 2. The second-order valence-corrected chi connectivity index (χ2v) is 6.66. The van der Waals surface area contributed by atoms with Gasteiger partial charge in [-0.2, -0.15) is 11.8 Å². The molecular formula is C15H23ClIN3OS. The van der Waals surface area contributed by atoms with Crippen LogP contribution in [0.3, 0.4) is 0 Å². The average molecular weight is 456 g/mol. The van der Waals surface area contributed by atoms with Crippen LogP contribution in [0.25, 0.3) is 0 Å². The van der Waals surface area contributed by atoms with Gasteiger partial charge in [-0.1, -0.05) is 11.6 Å². The predicted molar refractivity (Wildman–Crippen MR) is 107 cm³/mol. The number of hydrogen-bond donors (Lipinski definition) is 2. The summed E-state index contributed by atoms with van der Waals surface area (Å²) in [5, 5.41) is 8.05. The van der Waals surface area contributed by atoms with Crippen LogP contribution in [0.15, 0.2) is 29.3 Å². The number of nitrogens with one attached hydrogen (secondary N) is 2. The Morgan fingerprint density at radius 2 is 2.14 bits per heavy atom. The highest BCUT2D eigenvalue weighted by Gasteiger charge is 2.15. The van der Waals surface area contributed by atoms with Gasteiger partial charge in [-0.25, -0.2) is 0 Å². The van der Waals surface area contributed by atoms with Crippen molar-refractivity contribution in [3.05, 3.63) is 29.3 Å². The Labute approximate surface area is 158 Å². The summed E-state index contributed by atoms with van der Waals surface area (Å²) in [7, 11) is 1.79. The van der Waals surface area contributed by atoms with Gasteiger partial charge < -0.3 is 15.4 Å². The van der Waals surface area contributed by atoms with Crippen LogP contribution < -0.4 is 15.4 Å². The number of ether oxygens (including phenoxy) is 1. The summed E-state index contributed by atoms with van der Waals surface area (Å²) in [5.74, 6) is 2.95. The second-order valence-electron chi connectivity index (χ2n) is 4.82. The maximum atomic E-state index is 5.83. The zero-order valence-corrected chi connectivity index (χ0v) is 16.6. The monoisotopic (exact) mass is 455 g/mol. The molecule has 1 fully saturated rings. The standard InChI is InChI=1S/C15H22ClN3OS.HI/c1-17-15(19-11-14-3-2-10-21-14)18-8-9-20-13-6-4-12(16)5-7-13;/h4-7,14H,2-3,8-11H2,1H3,(H2,17,18,19);1H. The highest BCUT2D eigenvalue weighted by Crippen LogP contribution is 2.25. The SMILES string of the molecule is CN=C(NCCOc1ccc(Cl)cc1)NCC1CCCS1.I. The topological polar surface area (TPSA) is 45.7 Å². The zero-order chi connectivity index (χ0) is 14.9. The molecule has 4 nitrogen and oxygen atoms in total. The van der Waals surface area contributed by atoms with Crippen LogP contribution in [0.4, 0.5) is 0 Å². The summed E-state index contributed by atoms with van der Waals surface area (Å²) in [4.78, 5) is 4.22. The molecule has 0 aliphatic carbocycles. The predicted octanol–water partition coefficient (Wildman–Crippen LogP) is 3.40. The third kappa shape index (κ3) is 7.28. The van der Waals surface area contributed by atoms with Gasteiger partial charge in [-0.3, -0.25) is 4.99 Å². The van der Waals surface area contributed by atoms with Crippen molar-refractivity contribution < 1.29 is 4.74 Å². The van der Waals surface area contributed by atoms with Crippen molar-refractivity contribution in [3.8, 4) is 5.75 Å². The molecule has 0 spiro atoms. The molecule has 0 amide bonds. The van der Waals surface area contributed by atoms with Gasteiger partial charge in [0, 0.05) is 23.9 Å². The molecule has 1 atom stereocenters. The third-order valence-electron chi connectivity index (χ3n) is 3.22. The van der Waals surface area contributed by atoms with Crippen LogP contribution in [-0.2, 0) is 0 Å². The number of guanidine groups is 1. The average Bonchev–Trinajstić information content (AvgIpc) is 3.02. The molecule has 1 aromatic carbocycles. The molecule has 124 valence electrons. The maximum absolute atomic E-state index is 5.83. The van der Waals surface area contributed by atoms with Crippen LogP contribution >= 0.6 is 47.3 Å². The second kappa shape index (κ2) is 11.2. The molecule has 1 aliphatic rings. The zero-order valence-electron chi connectivity index (χ0n) is 12.7. The highest BCUT2D eigenvalue weighted by molar-refractivity contribution is 14.0. The molecule has 1 heterocycles. The minimum absolute atomic E-state index is 0. The summed E-state index contributed by atoms with van der Waals surface area (Å²) < 4.78 is 5.63. The van der Waals surface area contributed by atoms with Crippen molar-refractivity contribution in [2.75, 3.05) is 32.5 Å². The molecule has 0 aromatic heterocycles. The van der Waals surface area contributed by atoms with Gasteiger partial charge in [0.15, 0.2) is 5.96 Å². The summed E-state index contributed by atoms with van der Waals surface area (Å²) in [6, 6.07) is 7.38. The lowest BCUT2D eigenvalue weighted by atomic mass is 10.2. The van der Waals surface area contributed by atoms with Gasteiger partial charge in [0.2, 0.25) is 0 Å². The van der Waals surface area contributed by atoms with E-state index in [9.17, 15) is 0 Å².